The van der Waals surface area contributed by atoms with Gasteiger partial charge in [-0.05, 0) is 26.2 Å². The summed E-state index contributed by atoms with van der Waals surface area (Å²) >= 11 is 1.65. The van der Waals surface area contributed by atoms with Gasteiger partial charge in [-0.1, -0.05) is 12.8 Å². The Bertz CT molecular complexity index is 631. The summed E-state index contributed by atoms with van der Waals surface area (Å²) in [5, 5.41) is 9.26. The third-order valence-corrected chi connectivity index (χ3v) is 5.44. The fourth-order valence-corrected chi connectivity index (χ4v) is 4.10. The van der Waals surface area contributed by atoms with Crippen LogP contribution in [0.2, 0.25) is 0 Å². The van der Waals surface area contributed by atoms with Crippen molar-refractivity contribution in [2.24, 2.45) is 0 Å². The normalized spacial score (nSPS) is 16.4. The van der Waals surface area contributed by atoms with Crippen molar-refractivity contribution < 1.29 is 4.79 Å². The quantitative estimate of drug-likeness (QED) is 0.799. The fourth-order valence-electron chi connectivity index (χ4n) is 3.09. The number of thiazole rings is 1. The number of carbonyl (C=O) groups excluding carboxylic acids is 1. The first kappa shape index (κ1) is 16.0. The molecule has 23 heavy (non-hydrogen) atoms. The minimum Gasteiger partial charge on any atom is -0.338 e. The zero-order valence-corrected chi connectivity index (χ0v) is 14.2. The summed E-state index contributed by atoms with van der Waals surface area (Å²) in [5.74, 6) is 0. The molecule has 0 bridgehead atoms. The number of aryl methyl sites for hydroxylation is 2. The molecule has 2 heterocycles. The predicted molar refractivity (Wildman–Crippen MR) is 90.4 cm³/mol. The molecule has 2 aromatic rings. The molecular weight excluding hydrogens is 310 g/mol. The number of carbonyl (C=O) groups is 1. The van der Waals surface area contributed by atoms with Crippen molar-refractivity contribution in [1.29, 1.82) is 0 Å². The van der Waals surface area contributed by atoms with Crippen LogP contribution in [-0.2, 0) is 12.1 Å². The molecule has 124 valence electrons. The molecule has 0 atom stereocenters. The van der Waals surface area contributed by atoms with Crippen LogP contribution < -0.4 is 10.6 Å². The Morgan fingerprint density at radius 1 is 1.43 bits per heavy atom. The second kappa shape index (κ2) is 7.12. The highest BCUT2D eigenvalue weighted by Gasteiger charge is 2.39. The summed E-state index contributed by atoms with van der Waals surface area (Å²) < 4.78 is 2.01. The first-order valence-corrected chi connectivity index (χ1v) is 9.00. The van der Waals surface area contributed by atoms with Crippen LogP contribution in [0.4, 0.5) is 4.79 Å². The molecule has 0 aromatic carbocycles. The van der Waals surface area contributed by atoms with Gasteiger partial charge in [0.25, 0.3) is 0 Å². The Morgan fingerprint density at radius 2 is 2.26 bits per heavy atom. The van der Waals surface area contributed by atoms with Gasteiger partial charge in [-0.15, -0.1) is 11.3 Å². The highest BCUT2D eigenvalue weighted by atomic mass is 32.1. The number of imidazole rings is 1. The van der Waals surface area contributed by atoms with Crippen LogP contribution >= 0.6 is 11.3 Å². The lowest BCUT2D eigenvalue weighted by Crippen LogP contribution is -2.48. The molecular formula is C16H23N5OS. The Labute approximate surface area is 140 Å². The van der Waals surface area contributed by atoms with Crippen LogP contribution in [0.1, 0.15) is 42.8 Å². The van der Waals surface area contributed by atoms with Crippen LogP contribution in [0.3, 0.4) is 0 Å². The van der Waals surface area contributed by atoms with E-state index >= 15 is 0 Å². The Balaban J connectivity index is 1.50. The molecule has 6 nitrogen and oxygen atoms in total. The lowest BCUT2D eigenvalue weighted by atomic mass is 9.99. The van der Waals surface area contributed by atoms with E-state index < -0.39 is 0 Å². The van der Waals surface area contributed by atoms with Crippen molar-refractivity contribution in [3.8, 4) is 0 Å². The van der Waals surface area contributed by atoms with Crippen molar-refractivity contribution in [3.05, 3.63) is 34.8 Å². The third kappa shape index (κ3) is 3.90. The van der Waals surface area contributed by atoms with Crippen LogP contribution in [0.15, 0.2) is 24.1 Å². The molecule has 0 radical (unpaired) electrons. The molecule has 3 rings (SSSR count). The Hall–Kier alpha value is -1.89. The van der Waals surface area contributed by atoms with Gasteiger partial charge < -0.3 is 15.2 Å². The number of nitrogens with one attached hydrogen (secondary N) is 2. The predicted octanol–water partition coefficient (Wildman–Crippen LogP) is 2.81. The second-order valence-corrected chi connectivity index (χ2v) is 6.98. The highest BCUT2D eigenvalue weighted by molar-refractivity contribution is 7.09. The first-order valence-electron chi connectivity index (χ1n) is 8.12. The summed E-state index contributed by atoms with van der Waals surface area (Å²) in [5.41, 5.74) is 0.756. The van der Waals surface area contributed by atoms with Gasteiger partial charge >= 0.3 is 6.03 Å². The van der Waals surface area contributed by atoms with E-state index in [2.05, 4.69) is 26.0 Å². The van der Waals surface area contributed by atoms with Gasteiger partial charge in [-0.25, -0.2) is 14.8 Å². The summed E-state index contributed by atoms with van der Waals surface area (Å²) in [4.78, 5) is 20.9. The number of rotatable bonds is 6. The molecule has 1 saturated carbocycles. The van der Waals surface area contributed by atoms with E-state index in [1.165, 1.54) is 0 Å². The van der Waals surface area contributed by atoms with E-state index in [1.807, 2.05) is 17.7 Å². The van der Waals surface area contributed by atoms with Crippen molar-refractivity contribution in [3.63, 3.8) is 0 Å². The Morgan fingerprint density at radius 3 is 2.91 bits per heavy atom. The van der Waals surface area contributed by atoms with Crippen molar-refractivity contribution in [1.82, 2.24) is 25.2 Å². The molecule has 2 N–H and O–H groups in total. The number of amides is 2. The minimum absolute atomic E-state index is 0.0922. The smallest absolute Gasteiger partial charge is 0.315 e. The zero-order valence-electron chi connectivity index (χ0n) is 13.4. The second-order valence-electron chi connectivity index (χ2n) is 6.12. The summed E-state index contributed by atoms with van der Waals surface area (Å²) in [7, 11) is 0. The fraction of sp³-hybridized carbons (Fsp3) is 0.562. The number of aromatic nitrogens is 3. The monoisotopic (exact) mass is 333 g/mol. The van der Waals surface area contributed by atoms with Crippen LogP contribution in [0.5, 0.6) is 0 Å². The molecule has 7 heteroatoms. The SMILES string of the molecule is Cc1csc(C2(NC(=O)NCCCn3ccnc3)CCCC2)n1. The molecule has 1 aliphatic carbocycles. The third-order valence-electron chi connectivity index (χ3n) is 4.28. The number of urea groups is 1. The maximum atomic E-state index is 12.3. The average molecular weight is 333 g/mol. The lowest BCUT2D eigenvalue weighted by Gasteiger charge is -2.28. The zero-order chi connectivity index (χ0) is 16.1. The van der Waals surface area contributed by atoms with Gasteiger partial charge in [0.05, 0.1) is 11.9 Å². The van der Waals surface area contributed by atoms with E-state index in [9.17, 15) is 4.79 Å². The highest BCUT2D eigenvalue weighted by Crippen LogP contribution is 2.39. The summed E-state index contributed by atoms with van der Waals surface area (Å²) in [6, 6.07) is -0.0922. The molecule has 1 fully saturated rings. The number of hydrogen-bond donors (Lipinski definition) is 2. The van der Waals surface area contributed by atoms with Crippen LogP contribution in [0, 0.1) is 6.92 Å². The van der Waals surface area contributed by atoms with E-state index in [4.69, 9.17) is 0 Å². The minimum atomic E-state index is -0.270. The molecule has 0 saturated heterocycles. The lowest BCUT2D eigenvalue weighted by molar-refractivity contribution is 0.224. The standard InChI is InChI=1S/C16H23N5OS/c1-13-11-23-14(19-13)16(5-2-3-6-16)20-15(22)18-7-4-9-21-10-8-17-12-21/h8,10-12H,2-7,9H2,1H3,(H2,18,20,22). The van der Waals surface area contributed by atoms with Crippen molar-refractivity contribution in [2.45, 2.75) is 51.1 Å². The molecule has 0 unspecified atom stereocenters. The number of hydrogen-bond acceptors (Lipinski definition) is 4. The van der Waals surface area contributed by atoms with E-state index in [1.54, 1.807) is 23.9 Å². The molecule has 1 aliphatic rings. The van der Waals surface area contributed by atoms with Gasteiger partial charge in [-0.2, -0.15) is 0 Å². The number of nitrogens with zero attached hydrogens (tertiary/aromatic N) is 3. The molecule has 2 aromatic heterocycles. The average Bonchev–Trinajstić information content (AvgIpc) is 3.25. The van der Waals surface area contributed by atoms with Gasteiger partial charge in [0.15, 0.2) is 0 Å². The van der Waals surface area contributed by atoms with E-state index in [-0.39, 0.29) is 11.6 Å². The molecule has 2 amide bonds. The van der Waals surface area contributed by atoms with Gasteiger partial charge in [0, 0.05) is 36.6 Å². The maximum Gasteiger partial charge on any atom is 0.315 e. The van der Waals surface area contributed by atoms with Gasteiger partial charge in [0.2, 0.25) is 0 Å². The van der Waals surface area contributed by atoms with E-state index in [0.717, 1.165) is 49.4 Å². The topological polar surface area (TPSA) is 71.8 Å². The van der Waals surface area contributed by atoms with Crippen molar-refractivity contribution >= 4 is 17.4 Å². The summed E-state index contributed by atoms with van der Waals surface area (Å²) in [6.07, 6.45) is 10.6. The Kier molecular flexibility index (Phi) is 4.95. The first-order chi connectivity index (χ1) is 11.2. The molecule has 0 spiro atoms. The van der Waals surface area contributed by atoms with Gasteiger partial charge in [-0.3, -0.25) is 0 Å². The summed E-state index contributed by atoms with van der Waals surface area (Å²) in [6.45, 7) is 3.51. The van der Waals surface area contributed by atoms with E-state index in [0.29, 0.717) is 6.54 Å². The van der Waals surface area contributed by atoms with Gasteiger partial charge in [0.1, 0.15) is 5.01 Å². The molecule has 0 aliphatic heterocycles. The largest absolute Gasteiger partial charge is 0.338 e. The van der Waals surface area contributed by atoms with Crippen molar-refractivity contribution in [2.75, 3.05) is 6.54 Å². The maximum absolute atomic E-state index is 12.3. The van der Waals surface area contributed by atoms with Crippen LogP contribution in [0.25, 0.3) is 0 Å². The van der Waals surface area contributed by atoms with Crippen LogP contribution in [-0.4, -0.2) is 27.1 Å².